The molecule has 1 heterocycles. The smallest absolute Gasteiger partial charge is 0.253 e. The van der Waals surface area contributed by atoms with E-state index in [-0.39, 0.29) is 16.1 Å². The number of carbonyl (C=O) groups is 1. The van der Waals surface area contributed by atoms with E-state index < -0.39 is 0 Å². The summed E-state index contributed by atoms with van der Waals surface area (Å²) in [6, 6.07) is 1.43. The summed E-state index contributed by atoms with van der Waals surface area (Å²) in [5.41, 5.74) is 1.18. The number of hydrogen-bond acceptors (Lipinski definition) is 2. The first-order chi connectivity index (χ1) is 7.00. The molecule has 3 nitrogen and oxygen atoms in total. The van der Waals surface area contributed by atoms with E-state index in [1.807, 2.05) is 6.92 Å². The van der Waals surface area contributed by atoms with Gasteiger partial charge in [-0.3, -0.25) is 4.79 Å². The largest absolute Gasteiger partial charge is 0.348 e. The molecule has 1 aromatic heterocycles. The topological polar surface area (TPSA) is 42.0 Å². The zero-order valence-corrected chi connectivity index (χ0v) is 9.69. The molecule has 0 bridgehead atoms. The van der Waals surface area contributed by atoms with Crippen LogP contribution >= 0.6 is 23.2 Å². The standard InChI is InChI=1S/C10H10Cl2N2O/c1-6(2)4-14-10(15)7-3-9(12)13-5-8(7)11/h3,5H,1,4H2,2H3,(H,14,15). The van der Waals surface area contributed by atoms with Gasteiger partial charge in [-0.2, -0.15) is 0 Å². The number of pyridine rings is 1. The summed E-state index contributed by atoms with van der Waals surface area (Å²) in [4.78, 5) is 15.4. The fourth-order valence-corrected chi connectivity index (χ4v) is 1.26. The number of nitrogens with zero attached hydrogens (tertiary/aromatic N) is 1. The second-order valence-corrected chi connectivity index (χ2v) is 3.92. The fourth-order valence-electron chi connectivity index (χ4n) is 0.914. The van der Waals surface area contributed by atoms with Crippen LogP contribution in [0.4, 0.5) is 0 Å². The molecule has 0 atom stereocenters. The number of amides is 1. The Balaban J connectivity index is 2.81. The first-order valence-electron chi connectivity index (χ1n) is 4.24. The number of hydrogen-bond donors (Lipinski definition) is 1. The summed E-state index contributed by atoms with van der Waals surface area (Å²) in [7, 11) is 0. The lowest BCUT2D eigenvalue weighted by Crippen LogP contribution is -2.25. The molecular weight excluding hydrogens is 235 g/mol. The van der Waals surface area contributed by atoms with Crippen LogP contribution in [-0.4, -0.2) is 17.4 Å². The Morgan fingerprint density at radius 1 is 1.60 bits per heavy atom. The third-order valence-corrected chi connectivity index (χ3v) is 2.13. The molecule has 0 fully saturated rings. The second-order valence-electron chi connectivity index (χ2n) is 3.13. The molecule has 80 valence electrons. The molecule has 15 heavy (non-hydrogen) atoms. The molecule has 0 aliphatic heterocycles. The van der Waals surface area contributed by atoms with Crippen molar-refractivity contribution in [1.29, 1.82) is 0 Å². The van der Waals surface area contributed by atoms with Crippen molar-refractivity contribution in [2.45, 2.75) is 6.92 Å². The molecule has 0 saturated heterocycles. The highest BCUT2D eigenvalue weighted by Gasteiger charge is 2.10. The summed E-state index contributed by atoms with van der Waals surface area (Å²) in [5.74, 6) is -0.285. The summed E-state index contributed by atoms with van der Waals surface area (Å²) < 4.78 is 0. The third-order valence-electron chi connectivity index (χ3n) is 1.62. The lowest BCUT2D eigenvalue weighted by atomic mass is 10.2. The van der Waals surface area contributed by atoms with Gasteiger partial charge in [-0.15, -0.1) is 0 Å². The average molecular weight is 245 g/mol. The van der Waals surface area contributed by atoms with Gasteiger partial charge in [0.25, 0.3) is 5.91 Å². The van der Waals surface area contributed by atoms with Gasteiger partial charge in [0, 0.05) is 12.7 Å². The number of halogens is 2. The molecule has 0 aliphatic carbocycles. The molecular formula is C10H10Cl2N2O. The Morgan fingerprint density at radius 2 is 2.27 bits per heavy atom. The quantitative estimate of drug-likeness (QED) is 0.657. The van der Waals surface area contributed by atoms with Gasteiger partial charge in [0.1, 0.15) is 5.15 Å². The summed E-state index contributed by atoms with van der Waals surface area (Å²) in [6.07, 6.45) is 1.35. The summed E-state index contributed by atoms with van der Waals surface area (Å²) >= 11 is 11.5. The molecule has 0 unspecified atom stereocenters. The molecule has 0 radical (unpaired) electrons. The summed E-state index contributed by atoms with van der Waals surface area (Å²) in [5, 5.41) is 3.17. The maximum absolute atomic E-state index is 11.6. The van der Waals surface area contributed by atoms with Gasteiger partial charge in [-0.1, -0.05) is 35.4 Å². The van der Waals surface area contributed by atoms with E-state index in [2.05, 4.69) is 16.9 Å². The number of nitrogens with one attached hydrogen (secondary N) is 1. The third kappa shape index (κ3) is 3.53. The fraction of sp³-hybridized carbons (Fsp3) is 0.200. The highest BCUT2D eigenvalue weighted by atomic mass is 35.5. The predicted octanol–water partition coefficient (Wildman–Crippen LogP) is 2.69. The van der Waals surface area contributed by atoms with Crippen LogP contribution in [0.1, 0.15) is 17.3 Å². The van der Waals surface area contributed by atoms with Gasteiger partial charge < -0.3 is 5.32 Å². The van der Waals surface area contributed by atoms with Crippen LogP contribution in [-0.2, 0) is 0 Å². The molecule has 1 amide bonds. The van der Waals surface area contributed by atoms with Crippen molar-refractivity contribution in [3.8, 4) is 0 Å². The zero-order chi connectivity index (χ0) is 11.4. The Hall–Kier alpha value is -1.06. The van der Waals surface area contributed by atoms with Crippen molar-refractivity contribution in [1.82, 2.24) is 10.3 Å². The summed E-state index contributed by atoms with van der Waals surface area (Å²) in [6.45, 7) is 5.91. The van der Waals surface area contributed by atoms with Crippen LogP contribution in [0.3, 0.4) is 0 Å². The average Bonchev–Trinajstić information content (AvgIpc) is 2.18. The van der Waals surface area contributed by atoms with Gasteiger partial charge in [-0.05, 0) is 13.0 Å². The molecule has 5 heteroatoms. The van der Waals surface area contributed by atoms with E-state index in [1.54, 1.807) is 0 Å². The molecule has 0 spiro atoms. The Bertz CT molecular complexity index is 404. The van der Waals surface area contributed by atoms with Crippen LogP contribution in [0, 0.1) is 0 Å². The maximum atomic E-state index is 11.6. The molecule has 1 N–H and O–H groups in total. The maximum Gasteiger partial charge on any atom is 0.253 e. The van der Waals surface area contributed by atoms with Gasteiger partial charge in [0.15, 0.2) is 0 Å². The highest BCUT2D eigenvalue weighted by Crippen LogP contribution is 2.17. The zero-order valence-electron chi connectivity index (χ0n) is 8.18. The van der Waals surface area contributed by atoms with E-state index in [9.17, 15) is 4.79 Å². The van der Waals surface area contributed by atoms with Crippen molar-refractivity contribution in [3.63, 3.8) is 0 Å². The van der Waals surface area contributed by atoms with Crippen molar-refractivity contribution in [3.05, 3.63) is 40.2 Å². The minimum absolute atomic E-state index is 0.236. The van der Waals surface area contributed by atoms with Crippen LogP contribution in [0.2, 0.25) is 10.2 Å². The Labute approximate surface area is 98.1 Å². The molecule has 0 aliphatic rings. The van der Waals surface area contributed by atoms with Crippen LogP contribution in [0.5, 0.6) is 0 Å². The SMILES string of the molecule is C=C(C)CNC(=O)c1cc(Cl)ncc1Cl. The van der Waals surface area contributed by atoms with E-state index >= 15 is 0 Å². The second kappa shape index (κ2) is 5.14. The van der Waals surface area contributed by atoms with Gasteiger partial charge in [-0.25, -0.2) is 4.98 Å². The molecule has 1 rings (SSSR count). The minimum atomic E-state index is -0.285. The van der Waals surface area contributed by atoms with Crippen molar-refractivity contribution in [2.75, 3.05) is 6.54 Å². The van der Waals surface area contributed by atoms with Crippen LogP contribution < -0.4 is 5.32 Å². The lowest BCUT2D eigenvalue weighted by molar-refractivity contribution is 0.0957. The van der Waals surface area contributed by atoms with E-state index in [0.29, 0.717) is 12.1 Å². The molecule has 0 aromatic carbocycles. The van der Waals surface area contributed by atoms with Crippen LogP contribution in [0.15, 0.2) is 24.4 Å². The Morgan fingerprint density at radius 3 is 2.87 bits per heavy atom. The first kappa shape index (κ1) is 12.0. The normalized spacial score (nSPS) is 9.80. The van der Waals surface area contributed by atoms with Gasteiger partial charge in [0.2, 0.25) is 0 Å². The van der Waals surface area contributed by atoms with Gasteiger partial charge >= 0.3 is 0 Å². The van der Waals surface area contributed by atoms with Crippen molar-refractivity contribution >= 4 is 29.1 Å². The van der Waals surface area contributed by atoms with Crippen molar-refractivity contribution < 1.29 is 4.79 Å². The Kier molecular flexibility index (Phi) is 4.12. The minimum Gasteiger partial charge on any atom is -0.348 e. The number of rotatable bonds is 3. The van der Waals surface area contributed by atoms with E-state index in [4.69, 9.17) is 23.2 Å². The van der Waals surface area contributed by atoms with Crippen LogP contribution in [0.25, 0.3) is 0 Å². The number of aromatic nitrogens is 1. The van der Waals surface area contributed by atoms with Crippen molar-refractivity contribution in [2.24, 2.45) is 0 Å². The van der Waals surface area contributed by atoms with E-state index in [0.717, 1.165) is 5.57 Å². The van der Waals surface area contributed by atoms with Gasteiger partial charge in [0.05, 0.1) is 10.6 Å². The highest BCUT2D eigenvalue weighted by molar-refractivity contribution is 6.35. The number of carbonyl (C=O) groups excluding carboxylic acids is 1. The van der Waals surface area contributed by atoms with E-state index in [1.165, 1.54) is 12.3 Å². The first-order valence-corrected chi connectivity index (χ1v) is 5.00. The molecule has 1 aromatic rings. The predicted molar refractivity (Wildman–Crippen MR) is 61.4 cm³/mol. The monoisotopic (exact) mass is 244 g/mol. The lowest BCUT2D eigenvalue weighted by Gasteiger charge is -2.06. The molecule has 0 saturated carbocycles.